The van der Waals surface area contributed by atoms with Gasteiger partial charge in [-0.1, -0.05) is 41.9 Å². The van der Waals surface area contributed by atoms with Gasteiger partial charge in [0.05, 0.1) is 39.9 Å². The van der Waals surface area contributed by atoms with Gasteiger partial charge < -0.3 is 15.4 Å². The van der Waals surface area contributed by atoms with Crippen LogP contribution in [0.3, 0.4) is 0 Å². The molecule has 0 aliphatic carbocycles. The molecule has 1 aromatic heterocycles. The molecule has 3 heterocycles. The Bertz CT molecular complexity index is 1340. The number of nitrogens with one attached hydrogen (secondary N) is 3. The maximum Gasteiger partial charge on any atom is 0.257 e. The molecule has 0 unspecified atom stereocenters. The van der Waals surface area contributed by atoms with Crippen molar-refractivity contribution >= 4 is 46.0 Å². The zero-order valence-electron chi connectivity index (χ0n) is 20.2. The van der Waals surface area contributed by atoms with E-state index in [1.54, 1.807) is 23.1 Å². The molecular formula is C27H28ClN5O3. The summed E-state index contributed by atoms with van der Waals surface area (Å²) in [5.74, 6) is -0.411. The Kier molecular flexibility index (Phi) is 6.40. The van der Waals surface area contributed by atoms with Crippen LogP contribution in [-0.2, 0) is 15.1 Å². The number of rotatable bonds is 4. The van der Waals surface area contributed by atoms with Crippen LogP contribution in [0.25, 0.3) is 10.9 Å². The van der Waals surface area contributed by atoms with Gasteiger partial charge in [0.2, 0.25) is 5.91 Å². The van der Waals surface area contributed by atoms with Crippen molar-refractivity contribution in [3.63, 3.8) is 0 Å². The van der Waals surface area contributed by atoms with Gasteiger partial charge in [-0.3, -0.25) is 24.9 Å². The van der Waals surface area contributed by atoms with Crippen molar-refractivity contribution in [1.82, 2.24) is 15.2 Å². The van der Waals surface area contributed by atoms with Gasteiger partial charge in [0.25, 0.3) is 5.91 Å². The third-order valence-electron chi connectivity index (χ3n) is 6.93. The first kappa shape index (κ1) is 24.2. The van der Waals surface area contributed by atoms with Gasteiger partial charge in [-0.05, 0) is 50.5 Å². The largest absolute Gasteiger partial charge is 0.378 e. The lowest BCUT2D eigenvalue weighted by atomic mass is 9.85. The normalized spacial score (nSPS) is 24.5. The summed E-state index contributed by atoms with van der Waals surface area (Å²) in [5, 5.41) is 15.9. The first-order chi connectivity index (χ1) is 17.2. The molecule has 0 saturated carbocycles. The van der Waals surface area contributed by atoms with Crippen molar-refractivity contribution in [2.24, 2.45) is 0 Å². The molecule has 0 spiro atoms. The molecule has 36 heavy (non-hydrogen) atoms. The molecule has 2 fully saturated rings. The molecule has 2 saturated heterocycles. The number of anilines is 1. The number of guanidine groups is 1. The van der Waals surface area contributed by atoms with E-state index in [2.05, 4.69) is 15.6 Å². The second kappa shape index (κ2) is 9.52. The van der Waals surface area contributed by atoms with Gasteiger partial charge in [0, 0.05) is 24.2 Å². The van der Waals surface area contributed by atoms with E-state index in [0.717, 1.165) is 10.9 Å². The molecule has 2 aromatic carbocycles. The van der Waals surface area contributed by atoms with E-state index in [0.29, 0.717) is 41.3 Å². The zero-order valence-corrected chi connectivity index (χ0v) is 20.9. The fourth-order valence-electron chi connectivity index (χ4n) is 5.08. The second-order valence-electron chi connectivity index (χ2n) is 9.64. The molecule has 3 aromatic rings. The maximum absolute atomic E-state index is 13.3. The minimum Gasteiger partial charge on any atom is -0.378 e. The van der Waals surface area contributed by atoms with E-state index in [4.69, 9.17) is 21.7 Å². The first-order valence-electron chi connectivity index (χ1n) is 12.0. The number of carbonyl (C=O) groups excluding carboxylic acids is 2. The molecule has 186 valence electrons. The topological polar surface area (TPSA) is 107 Å². The van der Waals surface area contributed by atoms with E-state index in [9.17, 15) is 9.59 Å². The summed E-state index contributed by atoms with van der Waals surface area (Å²) in [6, 6.07) is 14.6. The third kappa shape index (κ3) is 4.54. The van der Waals surface area contributed by atoms with Crippen molar-refractivity contribution in [3.05, 3.63) is 70.9 Å². The highest BCUT2D eigenvalue weighted by atomic mass is 35.5. The molecule has 2 aliphatic heterocycles. The monoisotopic (exact) mass is 505 g/mol. The highest BCUT2D eigenvalue weighted by Gasteiger charge is 2.43. The van der Waals surface area contributed by atoms with Crippen LogP contribution in [0.4, 0.5) is 5.69 Å². The lowest BCUT2D eigenvalue weighted by Crippen LogP contribution is -2.63. The second-order valence-corrected chi connectivity index (χ2v) is 10.0. The Labute approximate surface area is 214 Å². The Balaban J connectivity index is 1.37. The average molecular weight is 506 g/mol. The van der Waals surface area contributed by atoms with Crippen LogP contribution in [-0.4, -0.2) is 46.4 Å². The summed E-state index contributed by atoms with van der Waals surface area (Å²) >= 11 is 6.78. The van der Waals surface area contributed by atoms with Crippen LogP contribution in [0, 0.1) is 5.41 Å². The summed E-state index contributed by atoms with van der Waals surface area (Å²) in [4.78, 5) is 32.2. The average Bonchev–Trinajstić information content (AvgIpc) is 2.84. The summed E-state index contributed by atoms with van der Waals surface area (Å²) in [5.41, 5.74) is 1.38. The van der Waals surface area contributed by atoms with Crippen molar-refractivity contribution < 1.29 is 14.3 Å². The zero-order chi connectivity index (χ0) is 25.4. The molecule has 3 N–H and O–H groups in total. The molecule has 2 amide bonds. The highest BCUT2D eigenvalue weighted by molar-refractivity contribution is 6.35. The van der Waals surface area contributed by atoms with Crippen LogP contribution in [0.2, 0.25) is 5.02 Å². The first-order valence-corrected chi connectivity index (χ1v) is 12.4. The van der Waals surface area contributed by atoms with Crippen molar-refractivity contribution in [2.45, 2.75) is 50.8 Å². The van der Waals surface area contributed by atoms with Crippen LogP contribution < -0.4 is 10.6 Å². The molecule has 5 rings (SSSR count). The smallest absolute Gasteiger partial charge is 0.257 e. The fourth-order valence-corrected chi connectivity index (χ4v) is 5.46. The van der Waals surface area contributed by atoms with Crippen LogP contribution in [0.5, 0.6) is 0 Å². The highest BCUT2D eigenvalue weighted by Crippen LogP contribution is 2.38. The number of ether oxygens (including phenoxy) is 1. The number of hydrogen-bond acceptors (Lipinski definition) is 5. The van der Waals surface area contributed by atoms with Gasteiger partial charge in [-0.25, -0.2) is 0 Å². The van der Waals surface area contributed by atoms with E-state index in [-0.39, 0.29) is 36.3 Å². The lowest BCUT2D eigenvalue weighted by Gasteiger charge is -2.45. The van der Waals surface area contributed by atoms with Gasteiger partial charge in [-0.15, -0.1) is 0 Å². The number of halogens is 1. The van der Waals surface area contributed by atoms with Crippen molar-refractivity contribution in [2.75, 3.05) is 11.9 Å². The standard InChI is InChI=1S/C27H28ClN5O3/c1-16-12-19(10-11-36-16)33-23(34)14-27(2,32-26(33)29)20-7-5-9-22(24(20)28)31-25(35)18-13-17-6-3-4-8-21(17)30-15-18/h3-9,13,15-16,19H,10-12,14H2,1-2H3,(H2,29,32)(H,31,35)/t16-,19-,27+/m1/s1. The lowest BCUT2D eigenvalue weighted by molar-refractivity contribution is -0.134. The number of amides is 2. The van der Waals surface area contributed by atoms with E-state index < -0.39 is 5.54 Å². The molecular weight excluding hydrogens is 478 g/mol. The Morgan fingerprint density at radius 3 is 2.86 bits per heavy atom. The number of aromatic nitrogens is 1. The van der Waals surface area contributed by atoms with Crippen molar-refractivity contribution in [3.8, 4) is 0 Å². The van der Waals surface area contributed by atoms with E-state index in [1.165, 1.54) is 6.20 Å². The molecule has 0 bridgehead atoms. The number of nitrogens with zero attached hydrogens (tertiary/aromatic N) is 2. The van der Waals surface area contributed by atoms with Crippen LogP contribution in [0.15, 0.2) is 54.7 Å². The summed E-state index contributed by atoms with van der Waals surface area (Å²) in [6.45, 7) is 4.40. The fraction of sp³-hybridized carbons (Fsp3) is 0.333. The number of para-hydroxylation sites is 1. The minimum atomic E-state index is -0.899. The predicted molar refractivity (Wildman–Crippen MR) is 139 cm³/mol. The number of fused-ring (bicyclic) bond motifs is 1. The number of carbonyl (C=O) groups is 2. The molecule has 8 nitrogen and oxygen atoms in total. The Morgan fingerprint density at radius 1 is 1.28 bits per heavy atom. The molecule has 2 aliphatic rings. The molecule has 0 radical (unpaired) electrons. The third-order valence-corrected chi connectivity index (χ3v) is 7.33. The minimum absolute atomic E-state index is 0.0465. The number of hydrogen-bond donors (Lipinski definition) is 3. The van der Waals surface area contributed by atoms with Gasteiger partial charge in [0.1, 0.15) is 0 Å². The number of benzene rings is 2. The predicted octanol–water partition coefficient (Wildman–Crippen LogP) is 4.68. The van der Waals surface area contributed by atoms with Gasteiger partial charge in [0.15, 0.2) is 5.96 Å². The Morgan fingerprint density at radius 2 is 2.08 bits per heavy atom. The van der Waals surface area contributed by atoms with E-state index in [1.807, 2.05) is 44.2 Å². The van der Waals surface area contributed by atoms with Crippen LogP contribution in [0.1, 0.15) is 49.0 Å². The Hall–Kier alpha value is -3.49. The SMILES string of the molecule is C[C@@H]1C[C@H](N2C(=N)N[C@](C)(c3cccc(NC(=O)c4cnc5ccccc5c4)c3Cl)CC2=O)CCO1. The molecule has 9 heteroatoms. The maximum atomic E-state index is 13.3. The number of pyridine rings is 1. The van der Waals surface area contributed by atoms with Gasteiger partial charge >= 0.3 is 0 Å². The summed E-state index contributed by atoms with van der Waals surface area (Å²) < 4.78 is 5.61. The van der Waals surface area contributed by atoms with E-state index >= 15 is 0 Å². The van der Waals surface area contributed by atoms with Crippen molar-refractivity contribution in [1.29, 1.82) is 5.41 Å². The molecule has 3 atom stereocenters. The summed E-state index contributed by atoms with van der Waals surface area (Å²) in [6.07, 6.45) is 3.10. The summed E-state index contributed by atoms with van der Waals surface area (Å²) in [7, 11) is 0. The quantitative estimate of drug-likeness (QED) is 0.477. The van der Waals surface area contributed by atoms with Crippen LogP contribution >= 0.6 is 11.6 Å². The van der Waals surface area contributed by atoms with Gasteiger partial charge in [-0.2, -0.15) is 0 Å².